The Kier molecular flexibility index (Phi) is 5.11. The number of ether oxygens (including phenoxy) is 1. The lowest BCUT2D eigenvalue weighted by Gasteiger charge is -2.13. The number of nitrogens with one attached hydrogen (secondary N) is 2. The third-order valence-corrected chi connectivity index (χ3v) is 2.67. The summed E-state index contributed by atoms with van der Waals surface area (Å²) in [5.74, 6) is 0.393. The Hall–Kier alpha value is -2.60. The maximum absolute atomic E-state index is 11.8. The number of rotatable bonds is 5. The zero-order chi connectivity index (χ0) is 15.1. The molecule has 0 radical (unpaired) electrons. The molecule has 0 unspecified atom stereocenters. The normalized spacial score (nSPS) is 9.71. The van der Waals surface area contributed by atoms with Crippen LogP contribution in [0.4, 0.5) is 5.69 Å². The van der Waals surface area contributed by atoms with E-state index in [1.807, 2.05) is 12.1 Å². The van der Waals surface area contributed by atoms with Gasteiger partial charge < -0.3 is 14.5 Å². The standard InChI is InChI=1S/C15H14N2O3S/c1-2-9-19-12-7-4-3-6-11(12)16-15(21)17-14(18)13-8-5-10-20-13/h2-8,10H,1,9H2,(H2,16,17,18,21). The molecule has 0 aliphatic rings. The van der Waals surface area contributed by atoms with Crippen molar-refractivity contribution in [2.24, 2.45) is 0 Å². The molecule has 0 aliphatic carbocycles. The van der Waals surface area contributed by atoms with E-state index in [0.29, 0.717) is 18.0 Å². The van der Waals surface area contributed by atoms with Gasteiger partial charge in [0, 0.05) is 0 Å². The number of carbonyl (C=O) groups excluding carboxylic acids is 1. The first kappa shape index (κ1) is 14.8. The topological polar surface area (TPSA) is 63.5 Å². The van der Waals surface area contributed by atoms with E-state index in [-0.39, 0.29) is 10.9 Å². The van der Waals surface area contributed by atoms with Gasteiger partial charge in [-0.2, -0.15) is 0 Å². The van der Waals surface area contributed by atoms with E-state index in [9.17, 15) is 4.79 Å². The van der Waals surface area contributed by atoms with Crippen molar-refractivity contribution >= 4 is 28.9 Å². The molecule has 5 nitrogen and oxygen atoms in total. The van der Waals surface area contributed by atoms with E-state index in [1.165, 1.54) is 6.26 Å². The van der Waals surface area contributed by atoms with Crippen molar-refractivity contribution < 1.29 is 13.9 Å². The van der Waals surface area contributed by atoms with Gasteiger partial charge in [-0.1, -0.05) is 24.8 Å². The molecule has 0 bridgehead atoms. The highest BCUT2D eigenvalue weighted by atomic mass is 32.1. The van der Waals surface area contributed by atoms with E-state index in [4.69, 9.17) is 21.4 Å². The summed E-state index contributed by atoms with van der Waals surface area (Å²) in [6, 6.07) is 10.4. The molecule has 1 aromatic heterocycles. The second-order valence-corrected chi connectivity index (χ2v) is 4.39. The molecule has 0 atom stereocenters. The molecule has 1 amide bonds. The molecule has 6 heteroatoms. The molecule has 0 fully saturated rings. The van der Waals surface area contributed by atoms with Crippen LogP contribution in [-0.2, 0) is 0 Å². The van der Waals surface area contributed by atoms with E-state index in [1.54, 1.807) is 30.3 Å². The molecular weight excluding hydrogens is 288 g/mol. The summed E-state index contributed by atoms with van der Waals surface area (Å²) in [6.45, 7) is 3.97. The van der Waals surface area contributed by atoms with E-state index in [0.717, 1.165) is 0 Å². The Labute approximate surface area is 127 Å². The van der Waals surface area contributed by atoms with Crippen molar-refractivity contribution in [3.8, 4) is 5.75 Å². The van der Waals surface area contributed by atoms with Gasteiger partial charge in [-0.25, -0.2) is 0 Å². The second kappa shape index (κ2) is 7.25. The monoisotopic (exact) mass is 302 g/mol. The van der Waals surface area contributed by atoms with Crippen LogP contribution in [0.1, 0.15) is 10.6 Å². The number of benzene rings is 1. The van der Waals surface area contributed by atoms with E-state index >= 15 is 0 Å². The number of para-hydroxylation sites is 2. The van der Waals surface area contributed by atoms with Crippen LogP contribution in [0.2, 0.25) is 0 Å². The Morgan fingerprint density at radius 3 is 2.86 bits per heavy atom. The van der Waals surface area contributed by atoms with Gasteiger partial charge >= 0.3 is 0 Å². The SMILES string of the molecule is C=CCOc1ccccc1NC(=S)NC(=O)c1ccco1. The molecule has 0 saturated heterocycles. The zero-order valence-electron chi connectivity index (χ0n) is 11.2. The van der Waals surface area contributed by atoms with Crippen LogP contribution in [0.3, 0.4) is 0 Å². The average molecular weight is 302 g/mol. The lowest BCUT2D eigenvalue weighted by molar-refractivity contribution is 0.0950. The number of thiocarbonyl (C=S) groups is 1. The maximum Gasteiger partial charge on any atom is 0.293 e. The van der Waals surface area contributed by atoms with Crippen molar-refractivity contribution in [3.63, 3.8) is 0 Å². The Morgan fingerprint density at radius 1 is 1.33 bits per heavy atom. The summed E-state index contributed by atoms with van der Waals surface area (Å²) >= 11 is 5.10. The zero-order valence-corrected chi connectivity index (χ0v) is 12.0. The van der Waals surface area contributed by atoms with Gasteiger partial charge in [0.2, 0.25) is 0 Å². The number of carbonyl (C=O) groups is 1. The molecule has 1 aromatic carbocycles. The smallest absolute Gasteiger partial charge is 0.293 e. The molecule has 21 heavy (non-hydrogen) atoms. The summed E-state index contributed by atoms with van der Waals surface area (Å²) in [6.07, 6.45) is 3.07. The second-order valence-electron chi connectivity index (χ2n) is 3.98. The molecule has 1 heterocycles. The Balaban J connectivity index is 1.99. The third kappa shape index (κ3) is 4.19. The fourth-order valence-corrected chi connectivity index (χ4v) is 1.77. The van der Waals surface area contributed by atoms with Crippen molar-refractivity contribution in [1.82, 2.24) is 5.32 Å². The quantitative estimate of drug-likeness (QED) is 0.657. The molecule has 0 saturated carbocycles. The van der Waals surface area contributed by atoms with Gasteiger partial charge in [-0.15, -0.1) is 0 Å². The summed E-state index contributed by atoms with van der Waals surface area (Å²) in [5.41, 5.74) is 0.657. The van der Waals surface area contributed by atoms with Crippen LogP contribution in [0.15, 0.2) is 59.7 Å². The molecule has 2 rings (SSSR count). The summed E-state index contributed by atoms with van der Waals surface area (Å²) in [5, 5.41) is 5.60. The number of hydrogen-bond donors (Lipinski definition) is 2. The molecular formula is C15H14N2O3S. The van der Waals surface area contributed by atoms with Crippen LogP contribution >= 0.6 is 12.2 Å². The first-order valence-corrected chi connectivity index (χ1v) is 6.60. The molecule has 2 N–H and O–H groups in total. The Bertz CT molecular complexity index is 638. The van der Waals surface area contributed by atoms with Gasteiger partial charge in [0.25, 0.3) is 5.91 Å². The highest BCUT2D eigenvalue weighted by Crippen LogP contribution is 2.23. The molecule has 2 aromatic rings. The highest BCUT2D eigenvalue weighted by molar-refractivity contribution is 7.80. The lowest BCUT2D eigenvalue weighted by Crippen LogP contribution is -2.34. The molecule has 0 aliphatic heterocycles. The minimum atomic E-state index is -0.415. The fraction of sp³-hybridized carbons (Fsp3) is 0.0667. The minimum absolute atomic E-state index is 0.158. The molecule has 108 valence electrons. The molecule has 0 spiro atoms. The van der Waals surface area contributed by atoms with Gasteiger partial charge in [-0.3, -0.25) is 10.1 Å². The number of anilines is 1. The van der Waals surface area contributed by atoms with Gasteiger partial charge in [0.15, 0.2) is 10.9 Å². The largest absolute Gasteiger partial charge is 0.487 e. The van der Waals surface area contributed by atoms with Crippen LogP contribution in [0.25, 0.3) is 0 Å². The summed E-state index contributed by atoms with van der Waals surface area (Å²) < 4.78 is 10.5. The summed E-state index contributed by atoms with van der Waals surface area (Å²) in [4.78, 5) is 11.8. The van der Waals surface area contributed by atoms with Crippen LogP contribution in [-0.4, -0.2) is 17.6 Å². The van der Waals surface area contributed by atoms with Crippen molar-refractivity contribution in [2.45, 2.75) is 0 Å². The minimum Gasteiger partial charge on any atom is -0.487 e. The van der Waals surface area contributed by atoms with Crippen LogP contribution in [0.5, 0.6) is 5.75 Å². The predicted molar refractivity (Wildman–Crippen MR) is 84.5 cm³/mol. The third-order valence-electron chi connectivity index (χ3n) is 2.46. The highest BCUT2D eigenvalue weighted by Gasteiger charge is 2.11. The van der Waals surface area contributed by atoms with E-state index < -0.39 is 5.91 Å². The fourth-order valence-electron chi connectivity index (χ4n) is 1.57. The maximum atomic E-state index is 11.8. The van der Waals surface area contributed by atoms with Gasteiger partial charge in [0.05, 0.1) is 12.0 Å². The van der Waals surface area contributed by atoms with E-state index in [2.05, 4.69) is 17.2 Å². The number of hydrogen-bond acceptors (Lipinski definition) is 4. The number of furan rings is 1. The van der Waals surface area contributed by atoms with Crippen LogP contribution < -0.4 is 15.4 Å². The van der Waals surface area contributed by atoms with Crippen LogP contribution in [0, 0.1) is 0 Å². The van der Waals surface area contributed by atoms with Crippen molar-refractivity contribution in [3.05, 3.63) is 61.1 Å². The van der Waals surface area contributed by atoms with Crippen molar-refractivity contribution in [1.29, 1.82) is 0 Å². The first-order valence-electron chi connectivity index (χ1n) is 6.19. The lowest BCUT2D eigenvalue weighted by atomic mass is 10.3. The average Bonchev–Trinajstić information content (AvgIpc) is 3.00. The van der Waals surface area contributed by atoms with Gasteiger partial charge in [-0.05, 0) is 36.5 Å². The van der Waals surface area contributed by atoms with Crippen molar-refractivity contribution in [2.75, 3.05) is 11.9 Å². The number of amides is 1. The predicted octanol–water partition coefficient (Wildman–Crippen LogP) is 2.97. The Morgan fingerprint density at radius 2 is 2.14 bits per heavy atom. The van der Waals surface area contributed by atoms with Gasteiger partial charge in [0.1, 0.15) is 12.4 Å². The first-order chi connectivity index (χ1) is 10.2. The summed E-state index contributed by atoms with van der Waals surface area (Å²) in [7, 11) is 0.